The van der Waals surface area contributed by atoms with E-state index in [1.165, 1.54) is 0 Å². The Hall–Kier alpha value is -0.690. The molecule has 3 N–H and O–H groups in total. The molecule has 0 aromatic heterocycles. The second-order valence-electron chi connectivity index (χ2n) is 5.24. The van der Waals surface area contributed by atoms with Gasteiger partial charge in [0.25, 0.3) is 0 Å². The van der Waals surface area contributed by atoms with Gasteiger partial charge in [-0.05, 0) is 13.8 Å². The van der Waals surface area contributed by atoms with Crippen LogP contribution in [0.15, 0.2) is 0 Å². The lowest BCUT2D eigenvalue weighted by Crippen LogP contribution is -2.44. The van der Waals surface area contributed by atoms with Crippen LogP contribution in [0.5, 0.6) is 0 Å². The summed E-state index contributed by atoms with van der Waals surface area (Å²) in [6.07, 6.45) is 0.0499. The van der Waals surface area contributed by atoms with Gasteiger partial charge in [-0.15, -0.1) is 0 Å². The van der Waals surface area contributed by atoms with Crippen LogP contribution >= 0.6 is 0 Å². The van der Waals surface area contributed by atoms with Crippen LogP contribution in [-0.2, 0) is 9.53 Å². The molecule has 6 nitrogen and oxygen atoms in total. The predicted molar refractivity (Wildman–Crippen MR) is 74.0 cm³/mol. The highest BCUT2D eigenvalue weighted by atomic mass is 16.5. The molecule has 1 amide bonds. The molecule has 0 saturated carbocycles. The van der Waals surface area contributed by atoms with E-state index in [0.717, 1.165) is 26.3 Å². The molecule has 1 saturated heterocycles. The standard InChI is InChI=1S/C13H27N3O3/c1-11(2)15-13(18)3-4-14-9-12(17)10-16-5-7-19-8-6-16/h11-12,14,17H,3-10H2,1-2H3,(H,15,18). The number of aliphatic hydroxyl groups excluding tert-OH is 1. The van der Waals surface area contributed by atoms with Crippen molar-refractivity contribution in [2.45, 2.75) is 32.4 Å². The quantitative estimate of drug-likeness (QED) is 0.504. The van der Waals surface area contributed by atoms with Crippen LogP contribution in [0.3, 0.4) is 0 Å². The number of amides is 1. The van der Waals surface area contributed by atoms with Crippen molar-refractivity contribution in [2.24, 2.45) is 0 Å². The van der Waals surface area contributed by atoms with Gasteiger partial charge in [-0.1, -0.05) is 0 Å². The zero-order chi connectivity index (χ0) is 14.1. The average Bonchev–Trinajstić information content (AvgIpc) is 2.35. The smallest absolute Gasteiger partial charge is 0.221 e. The predicted octanol–water partition coefficient (Wildman–Crippen LogP) is -0.816. The van der Waals surface area contributed by atoms with Crippen LogP contribution in [0.4, 0.5) is 0 Å². The number of hydrogen-bond acceptors (Lipinski definition) is 5. The number of morpholine rings is 1. The lowest BCUT2D eigenvalue weighted by Gasteiger charge is -2.28. The number of nitrogens with one attached hydrogen (secondary N) is 2. The number of carbonyl (C=O) groups is 1. The Labute approximate surface area is 115 Å². The minimum atomic E-state index is -0.397. The molecule has 1 heterocycles. The van der Waals surface area contributed by atoms with Gasteiger partial charge in [0.2, 0.25) is 5.91 Å². The van der Waals surface area contributed by atoms with Gasteiger partial charge in [0.05, 0.1) is 19.3 Å². The molecule has 1 rings (SSSR count). The molecule has 0 aromatic carbocycles. The summed E-state index contributed by atoms with van der Waals surface area (Å²) >= 11 is 0. The van der Waals surface area contributed by atoms with Crippen molar-refractivity contribution in [2.75, 3.05) is 45.9 Å². The Morgan fingerprint density at radius 1 is 1.37 bits per heavy atom. The Bertz CT molecular complexity index is 256. The molecule has 19 heavy (non-hydrogen) atoms. The second kappa shape index (κ2) is 9.25. The van der Waals surface area contributed by atoms with Crippen LogP contribution in [0, 0.1) is 0 Å². The molecule has 1 fully saturated rings. The van der Waals surface area contributed by atoms with E-state index in [4.69, 9.17) is 4.74 Å². The van der Waals surface area contributed by atoms with Gasteiger partial charge in [-0.2, -0.15) is 0 Å². The van der Waals surface area contributed by atoms with Crippen molar-refractivity contribution in [1.29, 1.82) is 0 Å². The molecular formula is C13H27N3O3. The largest absolute Gasteiger partial charge is 0.390 e. The van der Waals surface area contributed by atoms with E-state index in [1.54, 1.807) is 0 Å². The van der Waals surface area contributed by atoms with E-state index in [9.17, 15) is 9.90 Å². The summed E-state index contributed by atoms with van der Waals surface area (Å²) < 4.78 is 5.25. The SMILES string of the molecule is CC(C)NC(=O)CCNCC(O)CN1CCOCC1. The Kier molecular flexibility index (Phi) is 7.97. The summed E-state index contributed by atoms with van der Waals surface area (Å²) in [5.74, 6) is 0.0465. The first kappa shape index (κ1) is 16.4. The summed E-state index contributed by atoms with van der Waals surface area (Å²) in [6.45, 7) is 8.92. The molecule has 1 aliphatic rings. The molecule has 0 bridgehead atoms. The van der Waals surface area contributed by atoms with Crippen LogP contribution in [0.1, 0.15) is 20.3 Å². The highest BCUT2D eigenvalue weighted by Crippen LogP contribution is 1.98. The van der Waals surface area contributed by atoms with Gasteiger partial charge >= 0.3 is 0 Å². The summed E-state index contributed by atoms with van der Waals surface area (Å²) in [4.78, 5) is 13.6. The van der Waals surface area contributed by atoms with E-state index in [0.29, 0.717) is 26.1 Å². The fraction of sp³-hybridized carbons (Fsp3) is 0.923. The molecule has 0 aliphatic carbocycles. The summed E-state index contributed by atoms with van der Waals surface area (Å²) in [5.41, 5.74) is 0. The van der Waals surface area contributed by atoms with E-state index in [1.807, 2.05) is 13.8 Å². The lowest BCUT2D eigenvalue weighted by atomic mass is 10.3. The maximum atomic E-state index is 11.4. The van der Waals surface area contributed by atoms with Crippen LogP contribution < -0.4 is 10.6 Å². The first-order chi connectivity index (χ1) is 9.08. The number of rotatable bonds is 8. The number of carbonyl (C=O) groups excluding carboxylic acids is 1. The van der Waals surface area contributed by atoms with Crippen molar-refractivity contribution < 1.29 is 14.6 Å². The minimum Gasteiger partial charge on any atom is -0.390 e. The van der Waals surface area contributed by atoms with Crippen molar-refractivity contribution in [3.8, 4) is 0 Å². The molecule has 6 heteroatoms. The number of hydrogen-bond donors (Lipinski definition) is 3. The van der Waals surface area contributed by atoms with Crippen LogP contribution in [0.2, 0.25) is 0 Å². The first-order valence-corrected chi connectivity index (χ1v) is 7.06. The Morgan fingerprint density at radius 2 is 2.05 bits per heavy atom. The number of ether oxygens (including phenoxy) is 1. The van der Waals surface area contributed by atoms with Crippen molar-refractivity contribution in [3.05, 3.63) is 0 Å². The van der Waals surface area contributed by atoms with Gasteiger partial charge in [0, 0.05) is 45.2 Å². The highest BCUT2D eigenvalue weighted by Gasteiger charge is 2.14. The minimum absolute atomic E-state index is 0.0465. The molecule has 1 atom stereocenters. The molecule has 112 valence electrons. The third kappa shape index (κ3) is 8.15. The van der Waals surface area contributed by atoms with Crippen LogP contribution in [0.25, 0.3) is 0 Å². The van der Waals surface area contributed by atoms with Gasteiger partial charge < -0.3 is 20.5 Å². The monoisotopic (exact) mass is 273 g/mol. The van der Waals surface area contributed by atoms with Crippen LogP contribution in [-0.4, -0.2) is 74.0 Å². The summed E-state index contributed by atoms with van der Waals surface area (Å²) in [6, 6.07) is 0.180. The molecule has 1 unspecified atom stereocenters. The Balaban J connectivity index is 2.00. The van der Waals surface area contributed by atoms with E-state index >= 15 is 0 Å². The van der Waals surface area contributed by atoms with E-state index in [2.05, 4.69) is 15.5 Å². The van der Waals surface area contributed by atoms with Gasteiger partial charge in [0.15, 0.2) is 0 Å². The maximum Gasteiger partial charge on any atom is 0.221 e. The van der Waals surface area contributed by atoms with E-state index < -0.39 is 6.10 Å². The summed E-state index contributed by atoms with van der Waals surface area (Å²) in [7, 11) is 0. The van der Waals surface area contributed by atoms with Crippen molar-refractivity contribution >= 4 is 5.91 Å². The Morgan fingerprint density at radius 3 is 2.68 bits per heavy atom. The first-order valence-electron chi connectivity index (χ1n) is 7.06. The van der Waals surface area contributed by atoms with Gasteiger partial charge in [0.1, 0.15) is 0 Å². The molecule has 0 aromatic rings. The second-order valence-corrected chi connectivity index (χ2v) is 5.24. The fourth-order valence-corrected chi connectivity index (χ4v) is 2.01. The number of β-amino-alcohol motifs (C(OH)–C–C–N with tert-alkyl or cyclic N) is 1. The summed E-state index contributed by atoms with van der Waals surface area (Å²) in [5, 5.41) is 15.8. The third-order valence-electron chi connectivity index (χ3n) is 2.93. The molecular weight excluding hydrogens is 246 g/mol. The number of nitrogens with zero attached hydrogens (tertiary/aromatic N) is 1. The zero-order valence-electron chi connectivity index (χ0n) is 12.0. The third-order valence-corrected chi connectivity index (χ3v) is 2.93. The topological polar surface area (TPSA) is 73.8 Å². The maximum absolute atomic E-state index is 11.4. The molecule has 1 aliphatic heterocycles. The average molecular weight is 273 g/mol. The molecule has 0 radical (unpaired) electrons. The zero-order valence-corrected chi connectivity index (χ0v) is 12.0. The molecule has 0 spiro atoms. The lowest BCUT2D eigenvalue weighted by molar-refractivity contribution is -0.121. The van der Waals surface area contributed by atoms with Crippen molar-refractivity contribution in [1.82, 2.24) is 15.5 Å². The number of aliphatic hydroxyl groups is 1. The van der Waals surface area contributed by atoms with Gasteiger partial charge in [-0.25, -0.2) is 0 Å². The fourth-order valence-electron chi connectivity index (χ4n) is 2.01. The normalized spacial score (nSPS) is 18.5. The highest BCUT2D eigenvalue weighted by molar-refractivity contribution is 5.76. The van der Waals surface area contributed by atoms with Gasteiger partial charge in [-0.3, -0.25) is 9.69 Å². The van der Waals surface area contributed by atoms with E-state index in [-0.39, 0.29) is 11.9 Å². The van der Waals surface area contributed by atoms with Crippen molar-refractivity contribution in [3.63, 3.8) is 0 Å².